The maximum absolute atomic E-state index is 9.80. The molecule has 4 heteroatoms. The van der Waals surface area contributed by atoms with E-state index in [0.29, 0.717) is 5.92 Å². The first-order valence-corrected chi connectivity index (χ1v) is 5.13. The molecular formula is C8H11IN2O. The maximum Gasteiger partial charge on any atom is 0.104 e. The molecule has 0 spiro atoms. The van der Waals surface area contributed by atoms with Gasteiger partial charge in [0.1, 0.15) is 3.70 Å². The summed E-state index contributed by atoms with van der Waals surface area (Å²) in [5.74, 6) is 0.489. The van der Waals surface area contributed by atoms with Gasteiger partial charge in [-0.1, -0.05) is 0 Å². The van der Waals surface area contributed by atoms with Crippen LogP contribution < -0.4 is 0 Å². The second kappa shape index (κ2) is 2.99. The highest BCUT2D eigenvalue weighted by atomic mass is 127. The standard InChI is InChI=1S/C8H11IN2O/c1-11-8(9)6(4-10-11)7(12)5-2-3-5/h4-5,7,12H,2-3H2,1H3. The third-order valence-electron chi connectivity index (χ3n) is 2.28. The number of aliphatic hydroxyl groups is 1. The van der Waals surface area contributed by atoms with Gasteiger partial charge < -0.3 is 5.11 Å². The van der Waals surface area contributed by atoms with Crippen LogP contribution >= 0.6 is 22.6 Å². The van der Waals surface area contributed by atoms with Gasteiger partial charge in [0.15, 0.2) is 0 Å². The van der Waals surface area contributed by atoms with E-state index in [2.05, 4.69) is 27.7 Å². The van der Waals surface area contributed by atoms with Gasteiger partial charge in [0.05, 0.1) is 12.3 Å². The van der Waals surface area contributed by atoms with Gasteiger partial charge in [0.25, 0.3) is 0 Å². The summed E-state index contributed by atoms with van der Waals surface area (Å²) < 4.78 is 2.84. The van der Waals surface area contributed by atoms with Gasteiger partial charge in [-0.2, -0.15) is 5.10 Å². The molecule has 0 bridgehead atoms. The number of hydrogen-bond acceptors (Lipinski definition) is 2. The predicted molar refractivity (Wildman–Crippen MR) is 53.6 cm³/mol. The van der Waals surface area contributed by atoms with Crippen LogP contribution in [0.3, 0.4) is 0 Å². The summed E-state index contributed by atoms with van der Waals surface area (Å²) in [4.78, 5) is 0. The van der Waals surface area contributed by atoms with Crippen molar-refractivity contribution in [3.05, 3.63) is 15.5 Å². The summed E-state index contributed by atoms with van der Waals surface area (Å²) >= 11 is 2.22. The van der Waals surface area contributed by atoms with Gasteiger partial charge in [0, 0.05) is 12.6 Å². The lowest BCUT2D eigenvalue weighted by Crippen LogP contribution is -2.01. The van der Waals surface area contributed by atoms with Gasteiger partial charge in [-0.05, 0) is 41.4 Å². The van der Waals surface area contributed by atoms with Gasteiger partial charge in [0.2, 0.25) is 0 Å². The average molecular weight is 278 g/mol. The Labute approximate surface area is 84.9 Å². The lowest BCUT2D eigenvalue weighted by atomic mass is 10.1. The molecule has 2 rings (SSSR count). The Morgan fingerprint density at radius 2 is 2.42 bits per heavy atom. The minimum Gasteiger partial charge on any atom is -0.388 e. The van der Waals surface area contributed by atoms with Gasteiger partial charge in [-0.15, -0.1) is 0 Å². The van der Waals surface area contributed by atoms with Crippen LogP contribution in [0, 0.1) is 9.62 Å². The monoisotopic (exact) mass is 278 g/mol. The summed E-state index contributed by atoms with van der Waals surface area (Å²) in [5, 5.41) is 13.9. The second-order valence-electron chi connectivity index (χ2n) is 3.30. The van der Waals surface area contributed by atoms with Crippen LogP contribution in [0.2, 0.25) is 0 Å². The highest BCUT2D eigenvalue weighted by Crippen LogP contribution is 2.41. The first kappa shape index (κ1) is 8.50. The molecule has 0 aromatic carbocycles. The molecule has 1 aromatic rings. The molecular weight excluding hydrogens is 267 g/mol. The largest absolute Gasteiger partial charge is 0.388 e. The molecule has 1 aromatic heterocycles. The Hall–Kier alpha value is -0.100. The van der Waals surface area contributed by atoms with Crippen molar-refractivity contribution < 1.29 is 5.11 Å². The summed E-state index contributed by atoms with van der Waals surface area (Å²) in [6.45, 7) is 0. The molecule has 1 aliphatic carbocycles. The normalized spacial score (nSPS) is 19.6. The lowest BCUT2D eigenvalue weighted by Gasteiger charge is -2.06. The van der Waals surface area contributed by atoms with Crippen molar-refractivity contribution >= 4 is 22.6 Å². The van der Waals surface area contributed by atoms with Crippen molar-refractivity contribution in [3.63, 3.8) is 0 Å². The molecule has 1 fully saturated rings. The molecule has 1 N–H and O–H groups in total. The van der Waals surface area contributed by atoms with E-state index in [1.54, 1.807) is 10.9 Å². The van der Waals surface area contributed by atoms with Crippen LogP contribution in [-0.2, 0) is 7.05 Å². The van der Waals surface area contributed by atoms with Crippen molar-refractivity contribution in [2.24, 2.45) is 13.0 Å². The van der Waals surface area contributed by atoms with Crippen molar-refractivity contribution in [3.8, 4) is 0 Å². The number of nitrogens with zero attached hydrogens (tertiary/aromatic N) is 2. The maximum atomic E-state index is 9.80. The van der Waals surface area contributed by atoms with Crippen LogP contribution in [0.15, 0.2) is 6.20 Å². The van der Waals surface area contributed by atoms with E-state index in [1.165, 1.54) is 0 Å². The van der Waals surface area contributed by atoms with E-state index in [0.717, 1.165) is 22.1 Å². The molecule has 1 heterocycles. The van der Waals surface area contributed by atoms with E-state index in [4.69, 9.17) is 0 Å². The molecule has 0 aliphatic heterocycles. The summed E-state index contributed by atoms with van der Waals surface area (Å²) in [7, 11) is 1.89. The lowest BCUT2D eigenvalue weighted by molar-refractivity contribution is 0.153. The van der Waals surface area contributed by atoms with E-state index in [-0.39, 0.29) is 6.10 Å². The zero-order chi connectivity index (χ0) is 8.72. The van der Waals surface area contributed by atoms with Crippen molar-refractivity contribution in [1.82, 2.24) is 9.78 Å². The van der Waals surface area contributed by atoms with Crippen LogP contribution in [0.4, 0.5) is 0 Å². The summed E-state index contributed by atoms with van der Waals surface area (Å²) in [6, 6.07) is 0. The van der Waals surface area contributed by atoms with Crippen LogP contribution in [0.1, 0.15) is 24.5 Å². The number of aryl methyl sites for hydroxylation is 1. The number of rotatable bonds is 2. The minimum atomic E-state index is -0.286. The SMILES string of the molecule is Cn1ncc(C(O)C2CC2)c1I. The Kier molecular flexibility index (Phi) is 2.12. The van der Waals surface area contributed by atoms with Crippen LogP contribution in [0.25, 0.3) is 0 Å². The highest BCUT2D eigenvalue weighted by molar-refractivity contribution is 14.1. The fourth-order valence-corrected chi connectivity index (χ4v) is 1.89. The van der Waals surface area contributed by atoms with Gasteiger partial charge in [-0.3, -0.25) is 4.68 Å². The molecule has 1 atom stereocenters. The van der Waals surface area contributed by atoms with E-state index in [1.807, 2.05) is 7.05 Å². The Balaban J connectivity index is 2.25. The molecule has 66 valence electrons. The van der Waals surface area contributed by atoms with Crippen LogP contribution in [-0.4, -0.2) is 14.9 Å². The average Bonchev–Trinajstić information content (AvgIpc) is 2.82. The fourth-order valence-electron chi connectivity index (χ4n) is 1.30. The number of aliphatic hydroxyl groups excluding tert-OH is 1. The van der Waals surface area contributed by atoms with E-state index >= 15 is 0 Å². The minimum absolute atomic E-state index is 0.286. The fraction of sp³-hybridized carbons (Fsp3) is 0.625. The smallest absolute Gasteiger partial charge is 0.104 e. The Morgan fingerprint density at radius 3 is 2.83 bits per heavy atom. The molecule has 12 heavy (non-hydrogen) atoms. The number of hydrogen-bond donors (Lipinski definition) is 1. The molecule has 1 saturated carbocycles. The van der Waals surface area contributed by atoms with E-state index < -0.39 is 0 Å². The molecule has 0 saturated heterocycles. The zero-order valence-electron chi connectivity index (χ0n) is 6.87. The third kappa shape index (κ3) is 1.37. The van der Waals surface area contributed by atoms with Crippen molar-refractivity contribution in [1.29, 1.82) is 0 Å². The Bertz CT molecular complexity index is 293. The first-order valence-electron chi connectivity index (χ1n) is 4.05. The molecule has 3 nitrogen and oxygen atoms in total. The predicted octanol–water partition coefficient (Wildman–Crippen LogP) is 1.47. The molecule has 0 amide bonds. The van der Waals surface area contributed by atoms with Gasteiger partial charge >= 0.3 is 0 Å². The molecule has 1 aliphatic rings. The third-order valence-corrected chi connectivity index (χ3v) is 3.60. The quantitative estimate of drug-likeness (QED) is 0.832. The Morgan fingerprint density at radius 1 is 1.75 bits per heavy atom. The zero-order valence-corrected chi connectivity index (χ0v) is 9.02. The topological polar surface area (TPSA) is 38.0 Å². The van der Waals surface area contributed by atoms with E-state index in [9.17, 15) is 5.11 Å². The van der Waals surface area contributed by atoms with Crippen molar-refractivity contribution in [2.75, 3.05) is 0 Å². The van der Waals surface area contributed by atoms with Crippen LogP contribution in [0.5, 0.6) is 0 Å². The molecule has 0 radical (unpaired) electrons. The number of halogens is 1. The van der Waals surface area contributed by atoms with Gasteiger partial charge in [-0.25, -0.2) is 0 Å². The number of aromatic nitrogens is 2. The first-order chi connectivity index (χ1) is 5.70. The molecule has 1 unspecified atom stereocenters. The second-order valence-corrected chi connectivity index (χ2v) is 4.32. The highest BCUT2D eigenvalue weighted by Gasteiger charge is 2.32. The summed E-state index contributed by atoms with van der Waals surface area (Å²) in [5.41, 5.74) is 0.987. The summed E-state index contributed by atoms with van der Waals surface area (Å²) in [6.07, 6.45) is 3.80. The van der Waals surface area contributed by atoms with Crippen molar-refractivity contribution in [2.45, 2.75) is 18.9 Å².